The van der Waals surface area contributed by atoms with Crippen LogP contribution in [0.15, 0.2) is 48.5 Å². The van der Waals surface area contributed by atoms with Crippen molar-refractivity contribution in [3.05, 3.63) is 54.1 Å². The second-order valence-corrected chi connectivity index (χ2v) is 5.88. The summed E-state index contributed by atoms with van der Waals surface area (Å²) < 4.78 is 5.53. The highest BCUT2D eigenvalue weighted by atomic mass is 16.5. The maximum atomic E-state index is 5.53. The molecule has 0 saturated carbocycles. The van der Waals surface area contributed by atoms with Gasteiger partial charge in [0.1, 0.15) is 7.85 Å². The number of aryl methyl sites for hydroxylation is 1. The van der Waals surface area contributed by atoms with E-state index in [-0.39, 0.29) is 0 Å². The van der Waals surface area contributed by atoms with E-state index in [1.807, 2.05) is 0 Å². The second kappa shape index (κ2) is 6.36. The zero-order chi connectivity index (χ0) is 14.7. The molecule has 0 amide bonds. The summed E-state index contributed by atoms with van der Waals surface area (Å²) in [6.07, 6.45) is 2.17. The van der Waals surface area contributed by atoms with Crippen LogP contribution in [-0.4, -0.2) is 27.1 Å². The number of benzene rings is 2. The Morgan fingerprint density at radius 3 is 2.00 bits per heavy atom. The smallest absolute Gasteiger partial charge is 0.139 e. The Labute approximate surface area is 128 Å². The predicted octanol–water partition coefficient (Wildman–Crippen LogP) is 2.57. The van der Waals surface area contributed by atoms with E-state index < -0.39 is 0 Å². The summed E-state index contributed by atoms with van der Waals surface area (Å²) in [4.78, 5) is 2.47. The number of hydrogen-bond acceptors (Lipinski definition) is 2. The first-order chi connectivity index (χ1) is 10.2. The Morgan fingerprint density at radius 1 is 0.905 bits per heavy atom. The molecule has 21 heavy (non-hydrogen) atoms. The van der Waals surface area contributed by atoms with Gasteiger partial charge in [-0.1, -0.05) is 35.3 Å². The van der Waals surface area contributed by atoms with Gasteiger partial charge in [0.25, 0.3) is 0 Å². The van der Waals surface area contributed by atoms with Gasteiger partial charge >= 0.3 is 0 Å². The standard InChI is InChI=1S/C18H22BNO/c1-14-2-6-16(7-3-14)20(18-10-12-21-13-11-18)17-8-4-15(19)5-9-17/h2-9,18H,10-13,19H2,1H3. The van der Waals surface area contributed by atoms with Crippen LogP contribution in [0.5, 0.6) is 0 Å². The Hall–Kier alpha value is -1.74. The lowest BCUT2D eigenvalue weighted by atomic mass is 9.95. The van der Waals surface area contributed by atoms with Crippen molar-refractivity contribution in [1.29, 1.82) is 0 Å². The van der Waals surface area contributed by atoms with Crippen LogP contribution in [0, 0.1) is 6.92 Å². The van der Waals surface area contributed by atoms with Crippen LogP contribution in [0.3, 0.4) is 0 Å². The van der Waals surface area contributed by atoms with Crippen LogP contribution >= 0.6 is 0 Å². The van der Waals surface area contributed by atoms with Crippen LogP contribution in [0.4, 0.5) is 11.4 Å². The molecule has 0 atom stereocenters. The van der Waals surface area contributed by atoms with Crippen LogP contribution in [0.1, 0.15) is 18.4 Å². The number of hydrogen-bond donors (Lipinski definition) is 0. The summed E-state index contributed by atoms with van der Waals surface area (Å²) in [5.41, 5.74) is 5.15. The largest absolute Gasteiger partial charge is 0.381 e. The Kier molecular flexibility index (Phi) is 4.30. The highest BCUT2D eigenvalue weighted by Gasteiger charge is 2.23. The van der Waals surface area contributed by atoms with Gasteiger partial charge < -0.3 is 9.64 Å². The molecule has 0 bridgehead atoms. The van der Waals surface area contributed by atoms with E-state index in [2.05, 4.69) is 68.2 Å². The molecular formula is C18H22BNO. The molecule has 0 radical (unpaired) electrons. The van der Waals surface area contributed by atoms with Crippen LogP contribution in [-0.2, 0) is 4.74 Å². The van der Waals surface area contributed by atoms with E-state index in [0.717, 1.165) is 26.1 Å². The minimum atomic E-state index is 0.518. The van der Waals surface area contributed by atoms with Crippen molar-refractivity contribution in [2.75, 3.05) is 18.1 Å². The molecular weight excluding hydrogens is 257 g/mol. The van der Waals surface area contributed by atoms with Gasteiger partial charge in [0.05, 0.1) is 0 Å². The van der Waals surface area contributed by atoms with Gasteiger partial charge in [0.15, 0.2) is 0 Å². The summed E-state index contributed by atoms with van der Waals surface area (Å²) in [7, 11) is 2.13. The summed E-state index contributed by atoms with van der Waals surface area (Å²) >= 11 is 0. The summed E-state index contributed by atoms with van der Waals surface area (Å²) in [5, 5.41) is 0. The molecule has 3 heteroatoms. The quantitative estimate of drug-likeness (QED) is 0.801. The van der Waals surface area contributed by atoms with Crippen molar-refractivity contribution in [2.24, 2.45) is 0 Å². The lowest BCUT2D eigenvalue weighted by Crippen LogP contribution is -2.36. The lowest BCUT2D eigenvalue weighted by molar-refractivity contribution is 0.0865. The molecule has 1 aliphatic heterocycles. The van der Waals surface area contributed by atoms with E-state index in [1.54, 1.807) is 0 Å². The van der Waals surface area contributed by atoms with Crippen LogP contribution in [0.2, 0.25) is 0 Å². The highest BCUT2D eigenvalue weighted by Crippen LogP contribution is 2.31. The first-order valence-electron chi connectivity index (χ1n) is 7.74. The van der Waals surface area contributed by atoms with Crippen molar-refractivity contribution in [1.82, 2.24) is 0 Å². The number of anilines is 2. The van der Waals surface area contributed by atoms with Crippen LogP contribution in [0.25, 0.3) is 0 Å². The fourth-order valence-electron chi connectivity index (χ4n) is 2.92. The Balaban J connectivity index is 1.97. The van der Waals surface area contributed by atoms with Crippen LogP contribution < -0.4 is 10.4 Å². The maximum Gasteiger partial charge on any atom is 0.139 e. The van der Waals surface area contributed by atoms with Gasteiger partial charge in [0.2, 0.25) is 0 Å². The third-order valence-corrected chi connectivity index (χ3v) is 4.18. The average molecular weight is 279 g/mol. The van der Waals surface area contributed by atoms with Gasteiger partial charge in [-0.25, -0.2) is 0 Å². The summed E-state index contributed by atoms with van der Waals surface area (Å²) in [5.74, 6) is 0. The van der Waals surface area contributed by atoms with Crippen molar-refractivity contribution in [3.63, 3.8) is 0 Å². The molecule has 0 N–H and O–H groups in total. The molecule has 2 nitrogen and oxygen atoms in total. The molecule has 0 aromatic heterocycles. The number of rotatable bonds is 3. The molecule has 1 fully saturated rings. The third kappa shape index (κ3) is 3.30. The van der Waals surface area contributed by atoms with Gasteiger partial charge in [-0.15, -0.1) is 0 Å². The summed E-state index contributed by atoms with van der Waals surface area (Å²) in [6, 6.07) is 18.2. The van der Waals surface area contributed by atoms with Gasteiger partial charge in [-0.3, -0.25) is 0 Å². The van der Waals surface area contributed by atoms with Crippen molar-refractivity contribution >= 4 is 24.7 Å². The molecule has 1 aliphatic rings. The Morgan fingerprint density at radius 2 is 1.43 bits per heavy atom. The van der Waals surface area contributed by atoms with E-state index in [4.69, 9.17) is 4.74 Å². The van der Waals surface area contributed by atoms with E-state index >= 15 is 0 Å². The average Bonchev–Trinajstić information content (AvgIpc) is 2.52. The fraction of sp³-hybridized carbons (Fsp3) is 0.333. The topological polar surface area (TPSA) is 12.5 Å². The number of ether oxygens (including phenoxy) is 1. The van der Waals surface area contributed by atoms with E-state index in [9.17, 15) is 0 Å². The zero-order valence-electron chi connectivity index (χ0n) is 12.9. The predicted molar refractivity (Wildman–Crippen MR) is 91.8 cm³/mol. The summed E-state index contributed by atoms with van der Waals surface area (Å²) in [6.45, 7) is 3.85. The van der Waals surface area contributed by atoms with Crippen molar-refractivity contribution in [2.45, 2.75) is 25.8 Å². The molecule has 0 unspecified atom stereocenters. The van der Waals surface area contributed by atoms with E-state index in [0.29, 0.717) is 6.04 Å². The molecule has 0 spiro atoms. The maximum absolute atomic E-state index is 5.53. The van der Waals surface area contributed by atoms with E-state index in [1.165, 1.54) is 22.4 Å². The number of nitrogens with zero attached hydrogens (tertiary/aromatic N) is 1. The first kappa shape index (κ1) is 14.2. The molecule has 3 rings (SSSR count). The third-order valence-electron chi connectivity index (χ3n) is 4.18. The van der Waals surface area contributed by atoms with Gasteiger partial charge in [-0.2, -0.15) is 0 Å². The molecule has 1 heterocycles. The van der Waals surface area contributed by atoms with Crippen molar-refractivity contribution < 1.29 is 4.74 Å². The molecule has 0 aliphatic carbocycles. The molecule has 2 aromatic rings. The van der Waals surface area contributed by atoms with Crippen molar-refractivity contribution in [3.8, 4) is 0 Å². The fourth-order valence-corrected chi connectivity index (χ4v) is 2.92. The highest BCUT2D eigenvalue weighted by molar-refractivity contribution is 6.32. The SMILES string of the molecule is Bc1ccc(N(c2ccc(C)cc2)C2CCOCC2)cc1. The molecule has 108 valence electrons. The second-order valence-electron chi connectivity index (χ2n) is 5.88. The Bertz CT molecular complexity index is 528. The van der Waals surface area contributed by atoms with Gasteiger partial charge in [0, 0.05) is 30.6 Å². The normalized spacial score (nSPS) is 15.9. The molecule has 2 aromatic carbocycles. The lowest BCUT2D eigenvalue weighted by Gasteiger charge is -2.36. The minimum absolute atomic E-state index is 0.518. The minimum Gasteiger partial charge on any atom is -0.381 e. The van der Waals surface area contributed by atoms with Gasteiger partial charge in [-0.05, 0) is 44.0 Å². The first-order valence-corrected chi connectivity index (χ1v) is 7.74. The molecule has 1 saturated heterocycles. The monoisotopic (exact) mass is 279 g/mol. The zero-order valence-corrected chi connectivity index (χ0v) is 12.9.